The van der Waals surface area contributed by atoms with E-state index in [9.17, 15) is 14.7 Å². The van der Waals surface area contributed by atoms with Crippen LogP contribution in [0.3, 0.4) is 0 Å². The number of carbonyl (C=O) groups excluding carboxylic acids is 1. The van der Waals surface area contributed by atoms with Gasteiger partial charge in [-0.25, -0.2) is 4.79 Å². The van der Waals surface area contributed by atoms with Gasteiger partial charge in [0, 0.05) is 19.1 Å². The molecule has 5 heteroatoms. The summed E-state index contributed by atoms with van der Waals surface area (Å²) in [5, 5.41) is 12.1. The molecule has 2 N–H and O–H groups in total. The SMILES string of the molecule is CC1CC(C)C(C)N(C(=O)NCC2(C(=O)O)CCC2)C1. The molecule has 3 unspecified atom stereocenters. The molecule has 0 bridgehead atoms. The fourth-order valence-corrected chi connectivity index (χ4v) is 3.40. The predicted octanol–water partition coefficient (Wildman–Crippen LogP) is 2.32. The number of piperidine rings is 1. The van der Waals surface area contributed by atoms with Gasteiger partial charge in [0.15, 0.2) is 0 Å². The smallest absolute Gasteiger partial charge is 0.317 e. The molecule has 0 aromatic rings. The highest BCUT2D eigenvalue weighted by atomic mass is 16.4. The summed E-state index contributed by atoms with van der Waals surface area (Å²) >= 11 is 0. The number of rotatable bonds is 3. The Morgan fingerprint density at radius 2 is 1.95 bits per heavy atom. The number of amides is 2. The summed E-state index contributed by atoms with van der Waals surface area (Å²) in [4.78, 5) is 25.5. The third-order valence-electron chi connectivity index (χ3n) is 5.20. The highest BCUT2D eigenvalue weighted by Gasteiger charge is 2.45. The summed E-state index contributed by atoms with van der Waals surface area (Å²) in [6, 6.07) is 0.108. The summed E-state index contributed by atoms with van der Waals surface area (Å²) in [5.74, 6) is 0.211. The summed E-state index contributed by atoms with van der Waals surface area (Å²) in [5.41, 5.74) is -0.716. The molecule has 0 radical (unpaired) electrons. The molecule has 2 amide bonds. The Morgan fingerprint density at radius 3 is 2.45 bits per heavy atom. The molecule has 2 fully saturated rings. The average Bonchev–Trinajstić information content (AvgIpc) is 2.31. The monoisotopic (exact) mass is 282 g/mol. The number of nitrogens with one attached hydrogen (secondary N) is 1. The summed E-state index contributed by atoms with van der Waals surface area (Å²) < 4.78 is 0. The van der Waals surface area contributed by atoms with Gasteiger partial charge in [-0.05, 0) is 38.0 Å². The van der Waals surface area contributed by atoms with Crippen molar-refractivity contribution in [2.75, 3.05) is 13.1 Å². The molecule has 1 heterocycles. The summed E-state index contributed by atoms with van der Waals surface area (Å²) in [7, 11) is 0. The van der Waals surface area contributed by atoms with Crippen molar-refractivity contribution in [3.05, 3.63) is 0 Å². The largest absolute Gasteiger partial charge is 0.481 e. The molecule has 1 aliphatic carbocycles. The summed E-state index contributed by atoms with van der Waals surface area (Å²) in [6.07, 6.45) is 3.43. The van der Waals surface area contributed by atoms with Crippen LogP contribution in [0.5, 0.6) is 0 Å². The Kier molecular flexibility index (Phi) is 4.25. The number of nitrogens with zero attached hydrogens (tertiary/aromatic N) is 1. The first-order chi connectivity index (χ1) is 9.35. The maximum atomic E-state index is 12.3. The van der Waals surface area contributed by atoms with E-state index in [2.05, 4.69) is 26.1 Å². The van der Waals surface area contributed by atoms with Crippen LogP contribution in [-0.2, 0) is 4.79 Å². The first-order valence-electron chi connectivity index (χ1n) is 7.63. The van der Waals surface area contributed by atoms with Crippen LogP contribution in [0.1, 0.15) is 46.5 Å². The van der Waals surface area contributed by atoms with Gasteiger partial charge in [-0.2, -0.15) is 0 Å². The Morgan fingerprint density at radius 1 is 1.30 bits per heavy atom. The molecular weight excluding hydrogens is 256 g/mol. The number of carbonyl (C=O) groups is 2. The molecule has 1 saturated heterocycles. The Balaban J connectivity index is 1.92. The minimum atomic E-state index is -0.780. The molecule has 2 rings (SSSR count). The zero-order valence-corrected chi connectivity index (χ0v) is 12.7. The summed E-state index contributed by atoms with van der Waals surface area (Å²) in [6.45, 7) is 7.43. The third kappa shape index (κ3) is 2.76. The van der Waals surface area contributed by atoms with Gasteiger partial charge in [0.1, 0.15) is 0 Å². The zero-order valence-electron chi connectivity index (χ0n) is 12.7. The van der Waals surface area contributed by atoms with Crippen molar-refractivity contribution < 1.29 is 14.7 Å². The molecule has 114 valence electrons. The maximum absolute atomic E-state index is 12.3. The lowest BCUT2D eigenvalue weighted by Gasteiger charge is -2.42. The van der Waals surface area contributed by atoms with Crippen molar-refractivity contribution in [1.29, 1.82) is 0 Å². The first-order valence-corrected chi connectivity index (χ1v) is 7.63. The number of hydrogen-bond acceptors (Lipinski definition) is 2. The standard InChI is InChI=1S/C15H26N2O3/c1-10-7-11(2)12(3)17(8-10)14(20)16-9-15(13(18)19)5-4-6-15/h10-12H,4-9H2,1-3H3,(H,16,20)(H,18,19). The second-order valence-electron chi connectivity index (χ2n) is 6.81. The maximum Gasteiger partial charge on any atom is 0.317 e. The molecular formula is C15H26N2O3. The molecule has 1 aliphatic heterocycles. The minimum Gasteiger partial charge on any atom is -0.481 e. The number of carboxylic acids is 1. The lowest BCUT2D eigenvalue weighted by Crippen LogP contribution is -2.55. The van der Waals surface area contributed by atoms with Gasteiger partial charge in [-0.3, -0.25) is 4.79 Å². The van der Waals surface area contributed by atoms with Gasteiger partial charge >= 0.3 is 12.0 Å². The van der Waals surface area contributed by atoms with E-state index < -0.39 is 11.4 Å². The quantitative estimate of drug-likeness (QED) is 0.834. The van der Waals surface area contributed by atoms with Crippen LogP contribution in [0.15, 0.2) is 0 Å². The van der Waals surface area contributed by atoms with Crippen LogP contribution in [0.2, 0.25) is 0 Å². The topological polar surface area (TPSA) is 69.6 Å². The predicted molar refractivity (Wildman–Crippen MR) is 76.4 cm³/mol. The number of likely N-dealkylation sites (tertiary alicyclic amines) is 1. The molecule has 20 heavy (non-hydrogen) atoms. The van der Waals surface area contributed by atoms with E-state index in [1.807, 2.05) is 4.90 Å². The van der Waals surface area contributed by atoms with Gasteiger partial charge < -0.3 is 15.3 Å². The second-order valence-corrected chi connectivity index (χ2v) is 6.81. The van der Waals surface area contributed by atoms with Gasteiger partial charge in [-0.15, -0.1) is 0 Å². The van der Waals surface area contributed by atoms with Gasteiger partial charge in [0.2, 0.25) is 0 Å². The van der Waals surface area contributed by atoms with E-state index in [0.717, 1.165) is 19.4 Å². The van der Waals surface area contributed by atoms with Crippen LogP contribution in [0, 0.1) is 17.3 Å². The van der Waals surface area contributed by atoms with Crippen molar-refractivity contribution >= 4 is 12.0 Å². The van der Waals surface area contributed by atoms with E-state index in [1.165, 1.54) is 0 Å². The highest BCUT2D eigenvalue weighted by molar-refractivity contribution is 5.79. The third-order valence-corrected chi connectivity index (χ3v) is 5.20. The normalized spacial score (nSPS) is 32.4. The van der Waals surface area contributed by atoms with Gasteiger partial charge in [-0.1, -0.05) is 20.3 Å². The number of urea groups is 1. The van der Waals surface area contributed by atoms with E-state index in [1.54, 1.807) is 0 Å². The number of aliphatic carboxylic acids is 1. The van der Waals surface area contributed by atoms with Crippen molar-refractivity contribution in [3.63, 3.8) is 0 Å². The number of carboxylic acid groups (broad SMARTS) is 1. The molecule has 3 atom stereocenters. The van der Waals surface area contributed by atoms with E-state index >= 15 is 0 Å². The molecule has 0 aromatic heterocycles. The Labute approximate surface area is 120 Å². The second kappa shape index (κ2) is 5.62. The first kappa shape index (κ1) is 15.1. The molecule has 1 saturated carbocycles. The number of hydrogen-bond donors (Lipinski definition) is 2. The fourth-order valence-electron chi connectivity index (χ4n) is 3.40. The molecule has 0 spiro atoms. The van der Waals surface area contributed by atoms with Crippen molar-refractivity contribution in [2.24, 2.45) is 17.3 Å². The van der Waals surface area contributed by atoms with Crippen LogP contribution in [0.25, 0.3) is 0 Å². The van der Waals surface area contributed by atoms with Crippen LogP contribution in [-0.4, -0.2) is 41.1 Å². The van der Waals surface area contributed by atoms with Crippen molar-refractivity contribution in [3.8, 4) is 0 Å². The zero-order chi connectivity index (χ0) is 14.9. The fraction of sp³-hybridized carbons (Fsp3) is 0.867. The lowest BCUT2D eigenvalue weighted by atomic mass is 9.69. The van der Waals surface area contributed by atoms with E-state index in [-0.39, 0.29) is 18.6 Å². The van der Waals surface area contributed by atoms with E-state index in [0.29, 0.717) is 24.7 Å². The van der Waals surface area contributed by atoms with Crippen LogP contribution in [0.4, 0.5) is 4.79 Å². The Hall–Kier alpha value is -1.26. The molecule has 5 nitrogen and oxygen atoms in total. The van der Waals surface area contributed by atoms with Gasteiger partial charge in [0.05, 0.1) is 5.41 Å². The van der Waals surface area contributed by atoms with Crippen molar-refractivity contribution in [1.82, 2.24) is 10.2 Å². The van der Waals surface area contributed by atoms with Crippen molar-refractivity contribution in [2.45, 2.75) is 52.5 Å². The average molecular weight is 282 g/mol. The molecule has 0 aromatic carbocycles. The van der Waals surface area contributed by atoms with Gasteiger partial charge in [0.25, 0.3) is 0 Å². The van der Waals surface area contributed by atoms with Crippen LogP contribution < -0.4 is 5.32 Å². The minimum absolute atomic E-state index is 0.108. The molecule has 2 aliphatic rings. The Bertz CT molecular complexity index is 393. The lowest BCUT2D eigenvalue weighted by molar-refractivity contribution is -0.153. The van der Waals surface area contributed by atoms with E-state index in [4.69, 9.17) is 0 Å². The van der Waals surface area contributed by atoms with Crippen LogP contribution >= 0.6 is 0 Å². The highest BCUT2D eigenvalue weighted by Crippen LogP contribution is 2.40.